The van der Waals surface area contributed by atoms with Crippen LogP contribution in [0.1, 0.15) is 18.9 Å². The van der Waals surface area contributed by atoms with Crippen molar-refractivity contribution in [3.05, 3.63) is 24.5 Å². The third kappa shape index (κ3) is 3.01. The highest BCUT2D eigenvalue weighted by Crippen LogP contribution is 2.44. The molecule has 2 fully saturated rings. The smallest absolute Gasteiger partial charge is 0.231 e. The minimum atomic E-state index is 0.125. The number of benzene rings is 1. The van der Waals surface area contributed by atoms with Crippen molar-refractivity contribution in [2.45, 2.75) is 31.0 Å². The molecule has 8 heteroatoms. The Morgan fingerprint density at radius 1 is 1.25 bits per heavy atom. The van der Waals surface area contributed by atoms with Crippen molar-refractivity contribution in [1.29, 1.82) is 0 Å². The highest BCUT2D eigenvalue weighted by Gasteiger charge is 2.38. The Balaban J connectivity index is 1.41. The summed E-state index contributed by atoms with van der Waals surface area (Å²) in [6.45, 7) is 2.94. The Labute approximate surface area is 163 Å². The summed E-state index contributed by atoms with van der Waals surface area (Å²) in [4.78, 5) is 7.11. The molecule has 2 aromatic rings. The zero-order valence-corrected chi connectivity index (χ0v) is 15.9. The molecule has 2 saturated heterocycles. The molecule has 0 aliphatic carbocycles. The maximum Gasteiger partial charge on any atom is 0.231 e. The summed E-state index contributed by atoms with van der Waals surface area (Å²) in [5.74, 6) is 2.89. The van der Waals surface area contributed by atoms with E-state index < -0.39 is 0 Å². The number of hydrogen-bond acceptors (Lipinski definition) is 7. The Bertz CT molecular complexity index is 854. The minimum absolute atomic E-state index is 0.125. The van der Waals surface area contributed by atoms with Crippen molar-refractivity contribution in [2.75, 3.05) is 40.2 Å². The first-order valence-corrected chi connectivity index (χ1v) is 9.74. The van der Waals surface area contributed by atoms with Gasteiger partial charge in [0.15, 0.2) is 11.5 Å². The van der Waals surface area contributed by atoms with Crippen molar-refractivity contribution in [3.63, 3.8) is 0 Å². The molecule has 3 aliphatic rings. The lowest BCUT2D eigenvalue weighted by atomic mass is 10.1. The van der Waals surface area contributed by atoms with Gasteiger partial charge < -0.3 is 28.6 Å². The van der Waals surface area contributed by atoms with E-state index in [1.54, 1.807) is 7.11 Å². The van der Waals surface area contributed by atoms with E-state index >= 15 is 0 Å². The van der Waals surface area contributed by atoms with Crippen LogP contribution in [0.5, 0.6) is 17.2 Å². The van der Waals surface area contributed by atoms with Gasteiger partial charge in [0.1, 0.15) is 5.82 Å². The molecule has 0 radical (unpaired) electrons. The normalized spacial score (nSPS) is 26.4. The first-order chi connectivity index (χ1) is 13.8. The number of imidazole rings is 1. The van der Waals surface area contributed by atoms with Crippen molar-refractivity contribution in [1.82, 2.24) is 14.5 Å². The Hall–Kier alpha value is -2.29. The summed E-state index contributed by atoms with van der Waals surface area (Å²) < 4.78 is 24.7. The summed E-state index contributed by atoms with van der Waals surface area (Å²) in [6, 6.07) is 4.67. The van der Waals surface area contributed by atoms with Crippen molar-refractivity contribution >= 4 is 0 Å². The second-order valence-electron chi connectivity index (χ2n) is 7.54. The van der Waals surface area contributed by atoms with Crippen LogP contribution in [-0.2, 0) is 4.74 Å². The van der Waals surface area contributed by atoms with Crippen molar-refractivity contribution in [3.8, 4) is 28.6 Å². The number of fused-ring (bicyclic) bond motifs is 2. The third-order valence-corrected chi connectivity index (χ3v) is 5.90. The molecule has 0 amide bonds. The van der Waals surface area contributed by atoms with E-state index in [9.17, 15) is 5.11 Å². The number of aliphatic hydroxyl groups is 1. The van der Waals surface area contributed by atoms with Gasteiger partial charge in [-0.3, -0.25) is 4.90 Å². The van der Waals surface area contributed by atoms with Gasteiger partial charge in [0.2, 0.25) is 12.5 Å². The van der Waals surface area contributed by atoms with Crippen molar-refractivity contribution < 1.29 is 24.1 Å². The van der Waals surface area contributed by atoms with Crippen LogP contribution < -0.4 is 14.2 Å². The lowest BCUT2D eigenvalue weighted by Gasteiger charge is -2.34. The molecule has 1 aromatic heterocycles. The molecule has 5 rings (SSSR count). The third-order valence-electron chi connectivity index (χ3n) is 5.90. The van der Waals surface area contributed by atoms with Crippen LogP contribution in [0.2, 0.25) is 0 Å². The summed E-state index contributed by atoms with van der Waals surface area (Å²) >= 11 is 0. The Morgan fingerprint density at radius 3 is 3.04 bits per heavy atom. The van der Waals surface area contributed by atoms with Crippen molar-refractivity contribution in [2.24, 2.45) is 0 Å². The van der Waals surface area contributed by atoms with Crippen LogP contribution >= 0.6 is 0 Å². The van der Waals surface area contributed by atoms with E-state index in [0.717, 1.165) is 37.5 Å². The second-order valence-corrected chi connectivity index (χ2v) is 7.54. The van der Waals surface area contributed by atoms with Crippen LogP contribution in [0.3, 0.4) is 0 Å². The number of hydrogen-bond donors (Lipinski definition) is 1. The van der Waals surface area contributed by atoms with Gasteiger partial charge in [-0.1, -0.05) is 0 Å². The quantitative estimate of drug-likeness (QED) is 0.836. The number of morpholine rings is 1. The van der Waals surface area contributed by atoms with Gasteiger partial charge >= 0.3 is 0 Å². The molecule has 1 N–H and O–H groups in total. The zero-order valence-electron chi connectivity index (χ0n) is 15.9. The van der Waals surface area contributed by atoms with Gasteiger partial charge in [0, 0.05) is 49.7 Å². The van der Waals surface area contributed by atoms with Gasteiger partial charge in [-0.05, 0) is 25.0 Å². The number of aromatic nitrogens is 2. The first kappa shape index (κ1) is 17.8. The summed E-state index contributed by atoms with van der Waals surface area (Å²) in [6.07, 6.45) is 5.73. The largest absolute Gasteiger partial charge is 0.493 e. The fraction of sp³-hybridized carbons (Fsp3) is 0.550. The Morgan fingerprint density at radius 2 is 2.18 bits per heavy atom. The van der Waals surface area contributed by atoms with Gasteiger partial charge in [-0.2, -0.15) is 0 Å². The molecule has 3 atom stereocenters. The van der Waals surface area contributed by atoms with Crippen LogP contribution in [0, 0.1) is 0 Å². The topological polar surface area (TPSA) is 78.2 Å². The number of ether oxygens (including phenoxy) is 4. The standard InChI is InChI=1S/C20H25N3O5/c1-25-17-6-13(7-18-19(17)28-12-27-18)20-21-3-4-23(20)14-8-15-11-26-16(2-5-24)10-22(15)9-14/h3-4,6-7,14-16,24H,2,5,8-12H2,1H3/t14-,15-,16-/m0/s1. The molecular formula is C20H25N3O5. The van der Waals surface area contributed by atoms with Gasteiger partial charge in [0.05, 0.1) is 19.8 Å². The van der Waals surface area contributed by atoms with E-state index in [0.29, 0.717) is 35.8 Å². The average Bonchev–Trinajstić information content (AvgIpc) is 3.44. The predicted molar refractivity (Wildman–Crippen MR) is 101 cm³/mol. The van der Waals surface area contributed by atoms with E-state index in [1.807, 2.05) is 24.5 Å². The summed E-state index contributed by atoms with van der Waals surface area (Å²) in [5, 5.41) is 9.19. The predicted octanol–water partition coefficient (Wildman–Crippen LogP) is 1.68. The van der Waals surface area contributed by atoms with E-state index in [-0.39, 0.29) is 19.5 Å². The molecule has 0 unspecified atom stereocenters. The SMILES string of the molecule is COc1cc(-c2nccn2[C@H]2C[C@H]3CO[C@@H](CCO)CN3C2)cc2c1OCO2. The molecule has 28 heavy (non-hydrogen) atoms. The van der Waals surface area contributed by atoms with Gasteiger partial charge in [0.25, 0.3) is 0 Å². The van der Waals surface area contributed by atoms with E-state index in [4.69, 9.17) is 18.9 Å². The zero-order chi connectivity index (χ0) is 19.1. The fourth-order valence-corrected chi connectivity index (χ4v) is 4.53. The Kier molecular flexibility index (Phi) is 4.62. The number of aliphatic hydroxyl groups excluding tert-OH is 1. The van der Waals surface area contributed by atoms with Gasteiger partial charge in [-0.15, -0.1) is 0 Å². The monoisotopic (exact) mass is 387 g/mol. The van der Waals surface area contributed by atoms with E-state index in [1.165, 1.54) is 0 Å². The van der Waals surface area contributed by atoms with E-state index in [2.05, 4.69) is 14.5 Å². The minimum Gasteiger partial charge on any atom is -0.493 e. The number of methoxy groups -OCH3 is 1. The second kappa shape index (κ2) is 7.27. The average molecular weight is 387 g/mol. The highest BCUT2D eigenvalue weighted by atomic mass is 16.7. The molecule has 8 nitrogen and oxygen atoms in total. The summed E-state index contributed by atoms with van der Waals surface area (Å²) in [5.41, 5.74) is 0.949. The fourth-order valence-electron chi connectivity index (χ4n) is 4.53. The highest BCUT2D eigenvalue weighted by molar-refractivity contribution is 5.67. The maximum absolute atomic E-state index is 9.19. The molecule has 3 aliphatic heterocycles. The van der Waals surface area contributed by atoms with Crippen LogP contribution in [0.4, 0.5) is 0 Å². The van der Waals surface area contributed by atoms with Crippen LogP contribution in [0.15, 0.2) is 24.5 Å². The lowest BCUT2D eigenvalue weighted by Crippen LogP contribution is -2.46. The summed E-state index contributed by atoms with van der Waals surface area (Å²) in [7, 11) is 1.63. The molecule has 0 spiro atoms. The molecule has 150 valence electrons. The number of rotatable bonds is 5. The first-order valence-electron chi connectivity index (χ1n) is 9.74. The molecule has 0 saturated carbocycles. The lowest BCUT2D eigenvalue weighted by molar-refractivity contribution is -0.0567. The molecular weight excluding hydrogens is 362 g/mol. The maximum atomic E-state index is 9.19. The van der Waals surface area contributed by atoms with Crippen LogP contribution in [0.25, 0.3) is 11.4 Å². The van der Waals surface area contributed by atoms with Crippen LogP contribution in [-0.4, -0.2) is 71.9 Å². The van der Waals surface area contributed by atoms with Gasteiger partial charge in [-0.25, -0.2) is 4.98 Å². The number of nitrogens with zero attached hydrogens (tertiary/aromatic N) is 3. The molecule has 4 heterocycles. The molecule has 1 aromatic carbocycles. The molecule has 0 bridgehead atoms.